The Bertz CT molecular complexity index is 732. The number of hydrogen-bond donors (Lipinski definition) is 1. The van der Waals surface area contributed by atoms with Gasteiger partial charge in [0.05, 0.1) is 32.6 Å². The van der Waals surface area contributed by atoms with E-state index in [-0.39, 0.29) is 11.7 Å². The van der Waals surface area contributed by atoms with E-state index in [0.717, 1.165) is 6.42 Å². The minimum Gasteiger partial charge on any atom is -0.397 e. The zero-order chi connectivity index (χ0) is 14.4. The first kappa shape index (κ1) is 13.5. The molecule has 1 aliphatic heterocycles. The van der Waals surface area contributed by atoms with E-state index in [9.17, 15) is 9.18 Å². The van der Waals surface area contributed by atoms with E-state index in [1.807, 2.05) is 29.5 Å². The van der Waals surface area contributed by atoms with Gasteiger partial charge >= 0.3 is 0 Å². The smallest absolute Gasteiger partial charge is 0.258 e. The predicted molar refractivity (Wildman–Crippen MR) is 83.9 cm³/mol. The molecule has 1 aliphatic rings. The molecular weight excluding hydrogens is 372 g/mol. The van der Waals surface area contributed by atoms with Gasteiger partial charge in [-0.15, -0.1) is 0 Å². The van der Waals surface area contributed by atoms with Gasteiger partial charge < -0.3 is 10.6 Å². The van der Waals surface area contributed by atoms with E-state index in [0.29, 0.717) is 44.5 Å². The van der Waals surface area contributed by atoms with E-state index in [1.165, 1.54) is 6.07 Å². The molecule has 6 heteroatoms. The largest absolute Gasteiger partial charge is 0.397 e. The van der Waals surface area contributed by atoms with Crippen LogP contribution >= 0.6 is 22.6 Å². The van der Waals surface area contributed by atoms with Crippen molar-refractivity contribution in [2.45, 2.75) is 19.9 Å². The SMILES string of the molecule is CCCN1Cc2nc3c(I)c(F)ccc3c(N)c2C1=O. The Labute approximate surface area is 129 Å². The topological polar surface area (TPSA) is 59.2 Å². The molecule has 3 rings (SSSR count). The van der Waals surface area contributed by atoms with E-state index < -0.39 is 0 Å². The van der Waals surface area contributed by atoms with Gasteiger partial charge in [-0.2, -0.15) is 0 Å². The Kier molecular flexibility index (Phi) is 3.27. The number of nitrogens with zero attached hydrogens (tertiary/aromatic N) is 2. The molecule has 0 saturated heterocycles. The normalized spacial score (nSPS) is 14.2. The van der Waals surface area contributed by atoms with Gasteiger partial charge in [0.1, 0.15) is 5.82 Å². The quantitative estimate of drug-likeness (QED) is 0.809. The predicted octanol–water partition coefficient (Wildman–Crippen LogP) is 2.93. The number of amides is 1. The van der Waals surface area contributed by atoms with Crippen LogP contribution in [0, 0.1) is 9.39 Å². The fourth-order valence-electron chi connectivity index (χ4n) is 2.56. The minimum absolute atomic E-state index is 0.0758. The zero-order valence-corrected chi connectivity index (χ0v) is 13.1. The third kappa shape index (κ3) is 1.85. The molecule has 4 nitrogen and oxygen atoms in total. The number of nitrogen functional groups attached to an aromatic ring is 1. The fraction of sp³-hybridized carbons (Fsp3) is 0.286. The summed E-state index contributed by atoms with van der Waals surface area (Å²) >= 11 is 1.92. The molecule has 1 aromatic carbocycles. The van der Waals surface area contributed by atoms with E-state index in [1.54, 1.807) is 11.0 Å². The molecule has 2 N–H and O–H groups in total. The molecule has 0 saturated carbocycles. The van der Waals surface area contributed by atoms with Crippen molar-refractivity contribution in [1.82, 2.24) is 9.88 Å². The highest BCUT2D eigenvalue weighted by Gasteiger charge is 2.31. The average molecular weight is 385 g/mol. The van der Waals surface area contributed by atoms with Crippen molar-refractivity contribution in [1.29, 1.82) is 0 Å². The lowest BCUT2D eigenvalue weighted by Crippen LogP contribution is -2.24. The Morgan fingerprint density at radius 3 is 2.95 bits per heavy atom. The van der Waals surface area contributed by atoms with Gasteiger partial charge in [0.2, 0.25) is 0 Å². The summed E-state index contributed by atoms with van der Waals surface area (Å²) in [5.41, 5.74) is 8.20. The molecular formula is C14H13FIN3O. The van der Waals surface area contributed by atoms with E-state index >= 15 is 0 Å². The second-order valence-corrected chi connectivity index (χ2v) is 5.91. The summed E-state index contributed by atoms with van der Waals surface area (Å²) in [6, 6.07) is 2.95. The lowest BCUT2D eigenvalue weighted by atomic mass is 10.1. The van der Waals surface area contributed by atoms with Gasteiger partial charge in [-0.25, -0.2) is 9.37 Å². The zero-order valence-electron chi connectivity index (χ0n) is 10.9. The van der Waals surface area contributed by atoms with Crippen molar-refractivity contribution >= 4 is 45.1 Å². The first-order valence-electron chi connectivity index (χ1n) is 6.40. The number of pyridine rings is 1. The molecule has 0 radical (unpaired) electrons. The van der Waals surface area contributed by atoms with Crippen LogP contribution in [0.3, 0.4) is 0 Å². The summed E-state index contributed by atoms with van der Waals surface area (Å²) in [6.45, 7) is 3.15. The molecule has 0 unspecified atom stereocenters. The maximum atomic E-state index is 13.6. The van der Waals surface area contributed by atoms with Crippen molar-refractivity contribution in [3.8, 4) is 0 Å². The molecule has 0 aliphatic carbocycles. The molecule has 2 heterocycles. The first-order chi connectivity index (χ1) is 9.54. The molecule has 0 spiro atoms. The van der Waals surface area contributed by atoms with Gasteiger partial charge in [0, 0.05) is 11.9 Å². The lowest BCUT2D eigenvalue weighted by molar-refractivity contribution is 0.0779. The van der Waals surface area contributed by atoms with Crippen molar-refractivity contribution in [2.24, 2.45) is 0 Å². The number of rotatable bonds is 2. The first-order valence-corrected chi connectivity index (χ1v) is 7.47. The van der Waals surface area contributed by atoms with Crippen molar-refractivity contribution in [3.05, 3.63) is 32.8 Å². The van der Waals surface area contributed by atoms with E-state index in [2.05, 4.69) is 4.98 Å². The molecule has 1 aromatic heterocycles. The van der Waals surface area contributed by atoms with Crippen LogP contribution in [0.5, 0.6) is 0 Å². The van der Waals surface area contributed by atoms with Crippen molar-refractivity contribution in [3.63, 3.8) is 0 Å². The number of benzene rings is 1. The number of halogens is 2. The minimum atomic E-state index is -0.320. The summed E-state index contributed by atoms with van der Waals surface area (Å²) in [5, 5.41) is 0.640. The van der Waals surface area contributed by atoms with Gasteiger partial charge in [0.15, 0.2) is 0 Å². The second-order valence-electron chi connectivity index (χ2n) is 4.83. The van der Waals surface area contributed by atoms with Crippen LogP contribution in [-0.2, 0) is 6.54 Å². The summed E-state index contributed by atoms with van der Waals surface area (Å²) in [5.74, 6) is -0.396. The number of hydrogen-bond acceptors (Lipinski definition) is 3. The molecule has 104 valence electrons. The Morgan fingerprint density at radius 2 is 2.25 bits per heavy atom. The number of anilines is 1. The Morgan fingerprint density at radius 1 is 1.50 bits per heavy atom. The van der Waals surface area contributed by atoms with Gasteiger partial charge in [-0.05, 0) is 41.1 Å². The van der Waals surface area contributed by atoms with Crippen LogP contribution in [0.2, 0.25) is 0 Å². The molecule has 0 fully saturated rings. The van der Waals surface area contributed by atoms with Crippen LogP contribution in [0.1, 0.15) is 29.4 Å². The summed E-state index contributed by atoms with van der Waals surface area (Å²) in [7, 11) is 0. The highest BCUT2D eigenvalue weighted by Crippen LogP contribution is 2.34. The molecule has 0 atom stereocenters. The summed E-state index contributed by atoms with van der Waals surface area (Å²) in [4.78, 5) is 18.5. The maximum Gasteiger partial charge on any atom is 0.258 e. The van der Waals surface area contributed by atoms with Crippen LogP contribution in [-0.4, -0.2) is 22.3 Å². The highest BCUT2D eigenvalue weighted by molar-refractivity contribution is 14.1. The van der Waals surface area contributed by atoms with Crippen molar-refractivity contribution < 1.29 is 9.18 Å². The van der Waals surface area contributed by atoms with Crippen LogP contribution in [0.25, 0.3) is 10.9 Å². The summed E-state index contributed by atoms with van der Waals surface area (Å²) < 4.78 is 14.1. The third-order valence-corrected chi connectivity index (χ3v) is 4.53. The van der Waals surface area contributed by atoms with Crippen LogP contribution in [0.4, 0.5) is 10.1 Å². The van der Waals surface area contributed by atoms with Crippen LogP contribution < -0.4 is 5.73 Å². The van der Waals surface area contributed by atoms with Gasteiger partial charge in [0.25, 0.3) is 5.91 Å². The number of fused-ring (bicyclic) bond motifs is 2. The molecule has 1 amide bonds. The lowest BCUT2D eigenvalue weighted by Gasteiger charge is -2.13. The Balaban J connectivity index is 2.25. The molecule has 20 heavy (non-hydrogen) atoms. The summed E-state index contributed by atoms with van der Waals surface area (Å²) in [6.07, 6.45) is 0.880. The molecule has 2 aromatic rings. The fourth-order valence-corrected chi connectivity index (χ4v) is 3.15. The number of carbonyl (C=O) groups excluding carboxylic acids is 1. The monoisotopic (exact) mass is 385 g/mol. The van der Waals surface area contributed by atoms with Crippen LogP contribution in [0.15, 0.2) is 12.1 Å². The second kappa shape index (κ2) is 4.83. The highest BCUT2D eigenvalue weighted by atomic mass is 127. The number of carbonyl (C=O) groups is 1. The standard InChI is InChI=1S/C14H13FIN3O/c1-2-5-19-6-9-10(14(19)20)12(17)7-3-4-8(15)11(16)13(7)18-9/h3-4H,2,5-6H2,1H3,(H2,17,18). The maximum absolute atomic E-state index is 13.6. The number of nitrogens with two attached hydrogens (primary N) is 1. The molecule has 0 bridgehead atoms. The number of aromatic nitrogens is 1. The van der Waals surface area contributed by atoms with Gasteiger partial charge in [-0.3, -0.25) is 4.79 Å². The van der Waals surface area contributed by atoms with Gasteiger partial charge in [-0.1, -0.05) is 6.92 Å². The Hall–Kier alpha value is -1.44. The van der Waals surface area contributed by atoms with E-state index in [4.69, 9.17) is 5.73 Å². The van der Waals surface area contributed by atoms with Crippen molar-refractivity contribution in [2.75, 3.05) is 12.3 Å². The third-order valence-electron chi connectivity index (χ3n) is 3.50. The average Bonchev–Trinajstić information content (AvgIpc) is 2.72.